The molecule has 20 heavy (non-hydrogen) atoms. The van der Waals surface area contributed by atoms with Crippen LogP contribution in [0.1, 0.15) is 0 Å². The third-order valence-electron chi connectivity index (χ3n) is 3.20. The molecule has 0 N–H and O–H groups in total. The van der Waals surface area contributed by atoms with Crippen molar-refractivity contribution in [2.45, 2.75) is 6.30 Å². The van der Waals surface area contributed by atoms with Crippen LogP contribution in [0.25, 0.3) is 0 Å². The number of anilines is 3. The first-order valence-electron chi connectivity index (χ1n) is 5.94. The highest BCUT2D eigenvalue weighted by Crippen LogP contribution is 2.45. The van der Waals surface area contributed by atoms with Crippen LogP contribution in [-0.4, -0.2) is 13.0 Å². The van der Waals surface area contributed by atoms with Gasteiger partial charge in [-0.15, -0.1) is 0 Å². The number of para-hydroxylation sites is 3. The van der Waals surface area contributed by atoms with Gasteiger partial charge in [0.2, 0.25) is 0 Å². The minimum atomic E-state index is -4.50. The smallest absolute Gasteiger partial charge is 0.318 e. The van der Waals surface area contributed by atoms with Gasteiger partial charge in [-0.2, -0.15) is 13.2 Å². The summed E-state index contributed by atoms with van der Waals surface area (Å²) in [5.74, 6) is -0.550. The quantitative estimate of drug-likeness (QED) is 0.569. The molecule has 6 heteroatoms. The summed E-state index contributed by atoms with van der Waals surface area (Å²) in [4.78, 5) is 1.62. The highest BCUT2D eigenvalue weighted by molar-refractivity contribution is 5.82. The Labute approximate surface area is 112 Å². The van der Waals surface area contributed by atoms with Crippen LogP contribution in [-0.2, 0) is 0 Å². The highest BCUT2D eigenvalue weighted by Gasteiger charge is 2.44. The van der Waals surface area contributed by atoms with Gasteiger partial charge in [-0.25, -0.2) is 4.39 Å². The molecule has 0 radical (unpaired) electrons. The molecule has 0 bridgehead atoms. The summed E-state index contributed by atoms with van der Waals surface area (Å²) >= 11 is 0. The van der Waals surface area contributed by atoms with Crippen molar-refractivity contribution in [1.29, 1.82) is 0 Å². The Morgan fingerprint density at radius 2 is 1.35 bits per heavy atom. The maximum atomic E-state index is 13.8. The van der Waals surface area contributed by atoms with Crippen LogP contribution in [0.15, 0.2) is 48.5 Å². The highest BCUT2D eigenvalue weighted by atomic mass is 19.4. The van der Waals surface area contributed by atoms with Gasteiger partial charge in [0.25, 0.3) is 0 Å². The lowest BCUT2D eigenvalue weighted by atomic mass is 10.2. The van der Waals surface area contributed by atoms with Crippen LogP contribution in [0.4, 0.5) is 34.6 Å². The molecule has 0 saturated carbocycles. The van der Waals surface area contributed by atoms with Crippen molar-refractivity contribution in [2.75, 3.05) is 16.5 Å². The Morgan fingerprint density at radius 1 is 0.800 bits per heavy atom. The molecule has 0 amide bonds. The standard InChI is InChI=1S/C14H10F4N2/c15-10-5-1-2-6-11(10)19-9-20(14(16,17)18)13-8-4-3-7-12(13)19/h1-8H,9H2. The zero-order valence-electron chi connectivity index (χ0n) is 10.2. The van der Waals surface area contributed by atoms with E-state index in [0.717, 1.165) is 0 Å². The summed E-state index contributed by atoms with van der Waals surface area (Å²) in [6.07, 6.45) is -4.50. The first kappa shape index (κ1) is 12.8. The molecule has 0 spiro atoms. The van der Waals surface area contributed by atoms with E-state index >= 15 is 0 Å². The van der Waals surface area contributed by atoms with Crippen molar-refractivity contribution in [3.05, 3.63) is 54.3 Å². The predicted molar refractivity (Wildman–Crippen MR) is 68.4 cm³/mol. The first-order valence-corrected chi connectivity index (χ1v) is 5.94. The minimum absolute atomic E-state index is 0.0308. The van der Waals surface area contributed by atoms with Crippen LogP contribution in [0, 0.1) is 5.82 Å². The molecule has 104 valence electrons. The van der Waals surface area contributed by atoms with Crippen LogP contribution in [0.5, 0.6) is 0 Å². The summed E-state index contributed by atoms with van der Waals surface area (Å²) < 4.78 is 52.9. The predicted octanol–water partition coefficient (Wildman–Crippen LogP) is 4.26. The molecule has 2 nitrogen and oxygen atoms in total. The van der Waals surface area contributed by atoms with E-state index in [0.29, 0.717) is 10.6 Å². The Bertz CT molecular complexity index is 639. The van der Waals surface area contributed by atoms with E-state index < -0.39 is 18.8 Å². The van der Waals surface area contributed by atoms with Gasteiger partial charge >= 0.3 is 6.30 Å². The van der Waals surface area contributed by atoms with E-state index in [1.54, 1.807) is 18.2 Å². The van der Waals surface area contributed by atoms with E-state index in [1.165, 1.54) is 35.2 Å². The molecule has 0 aliphatic carbocycles. The Morgan fingerprint density at radius 3 is 1.95 bits per heavy atom. The zero-order valence-corrected chi connectivity index (χ0v) is 10.2. The van der Waals surface area contributed by atoms with Crippen molar-refractivity contribution >= 4 is 17.1 Å². The number of benzene rings is 2. The summed E-state index contributed by atoms with van der Waals surface area (Å²) in [6, 6.07) is 11.9. The van der Waals surface area contributed by atoms with Gasteiger partial charge in [-0.3, -0.25) is 4.90 Å². The SMILES string of the molecule is Fc1ccccc1N1CN(C(F)(F)F)c2ccccc21. The van der Waals surface area contributed by atoms with E-state index in [4.69, 9.17) is 0 Å². The van der Waals surface area contributed by atoms with E-state index in [2.05, 4.69) is 0 Å². The summed E-state index contributed by atoms with van der Waals surface area (Å²) in [5, 5.41) is 0. The number of halogens is 4. The fourth-order valence-electron chi connectivity index (χ4n) is 2.31. The monoisotopic (exact) mass is 282 g/mol. The van der Waals surface area contributed by atoms with Crippen molar-refractivity contribution in [2.24, 2.45) is 0 Å². The molecule has 2 aromatic carbocycles. The molecule has 1 aliphatic rings. The first-order chi connectivity index (χ1) is 9.48. The maximum absolute atomic E-state index is 13.8. The molecule has 3 rings (SSSR count). The Kier molecular flexibility index (Phi) is 2.81. The minimum Gasteiger partial charge on any atom is -0.318 e. The van der Waals surface area contributed by atoms with E-state index in [-0.39, 0.29) is 11.4 Å². The second-order valence-corrected chi connectivity index (χ2v) is 4.41. The molecule has 1 heterocycles. The van der Waals surface area contributed by atoms with Crippen molar-refractivity contribution in [3.8, 4) is 0 Å². The lowest BCUT2D eigenvalue weighted by molar-refractivity contribution is -0.127. The third-order valence-corrected chi connectivity index (χ3v) is 3.20. The van der Waals surface area contributed by atoms with Gasteiger partial charge in [0.15, 0.2) is 0 Å². The number of alkyl halides is 3. The molecule has 0 aromatic heterocycles. The largest absolute Gasteiger partial charge is 0.486 e. The fourth-order valence-corrected chi connectivity index (χ4v) is 2.31. The maximum Gasteiger partial charge on any atom is 0.486 e. The van der Waals surface area contributed by atoms with E-state index in [1.807, 2.05) is 0 Å². The van der Waals surface area contributed by atoms with Crippen LogP contribution >= 0.6 is 0 Å². The van der Waals surface area contributed by atoms with Gasteiger partial charge in [-0.1, -0.05) is 24.3 Å². The number of fused-ring (bicyclic) bond motifs is 1. The molecule has 0 atom stereocenters. The molecule has 0 unspecified atom stereocenters. The van der Waals surface area contributed by atoms with Crippen LogP contribution in [0.2, 0.25) is 0 Å². The molecule has 2 aromatic rings. The summed E-state index contributed by atoms with van der Waals surface area (Å²) in [5.41, 5.74) is 0.505. The second-order valence-electron chi connectivity index (χ2n) is 4.41. The number of hydrogen-bond acceptors (Lipinski definition) is 2. The molecule has 1 aliphatic heterocycles. The fraction of sp³-hybridized carbons (Fsp3) is 0.143. The lowest BCUT2D eigenvalue weighted by Gasteiger charge is -2.23. The average molecular weight is 282 g/mol. The lowest BCUT2D eigenvalue weighted by Crippen LogP contribution is -2.39. The molecular weight excluding hydrogens is 272 g/mol. The summed E-state index contributed by atoms with van der Waals surface area (Å²) in [6.45, 7) is -0.455. The zero-order chi connectivity index (χ0) is 14.3. The van der Waals surface area contributed by atoms with Crippen molar-refractivity contribution in [1.82, 2.24) is 0 Å². The van der Waals surface area contributed by atoms with E-state index in [9.17, 15) is 17.6 Å². The Balaban J connectivity index is 2.10. The molecule has 0 saturated heterocycles. The summed E-state index contributed by atoms with van der Waals surface area (Å²) in [7, 11) is 0. The van der Waals surface area contributed by atoms with Crippen LogP contribution in [0.3, 0.4) is 0 Å². The molecular formula is C14H10F4N2. The Hall–Kier alpha value is -2.24. The van der Waals surface area contributed by atoms with Crippen molar-refractivity contribution < 1.29 is 17.6 Å². The second kappa shape index (κ2) is 4.40. The topological polar surface area (TPSA) is 6.48 Å². The van der Waals surface area contributed by atoms with Gasteiger partial charge < -0.3 is 4.90 Å². The van der Waals surface area contributed by atoms with Gasteiger partial charge in [0.1, 0.15) is 12.5 Å². The van der Waals surface area contributed by atoms with Gasteiger partial charge in [0, 0.05) is 0 Å². The third kappa shape index (κ3) is 1.97. The number of hydrogen-bond donors (Lipinski definition) is 0. The number of rotatable bonds is 1. The average Bonchev–Trinajstić information content (AvgIpc) is 2.79. The van der Waals surface area contributed by atoms with Crippen molar-refractivity contribution in [3.63, 3.8) is 0 Å². The molecule has 0 fully saturated rings. The normalized spacial score (nSPS) is 14.6. The van der Waals surface area contributed by atoms with Crippen LogP contribution < -0.4 is 9.80 Å². The number of nitrogens with zero attached hydrogens (tertiary/aromatic N) is 2. The van der Waals surface area contributed by atoms with Gasteiger partial charge in [0.05, 0.1) is 17.1 Å². The van der Waals surface area contributed by atoms with Gasteiger partial charge in [-0.05, 0) is 24.3 Å².